The van der Waals surface area contributed by atoms with Crippen LogP contribution in [0.25, 0.3) is 33.3 Å². The van der Waals surface area contributed by atoms with E-state index in [1.165, 1.54) is 4.90 Å². The minimum absolute atomic E-state index is 0.00778. The van der Waals surface area contributed by atoms with Crippen molar-refractivity contribution >= 4 is 55.9 Å². The second-order valence-corrected chi connectivity index (χ2v) is 19.2. The van der Waals surface area contributed by atoms with Crippen LogP contribution < -0.4 is 24.8 Å². The molecule has 16 heteroatoms. The lowest BCUT2D eigenvalue weighted by atomic mass is 10.0. The monoisotopic (exact) mass is 841 g/mol. The summed E-state index contributed by atoms with van der Waals surface area (Å²) >= 11 is 0. The van der Waals surface area contributed by atoms with Crippen LogP contribution in [0.4, 0.5) is 4.79 Å². The van der Waals surface area contributed by atoms with E-state index in [4.69, 9.17) is 23.6 Å². The number of pyridine rings is 1. The van der Waals surface area contributed by atoms with Crippen LogP contribution in [0.1, 0.15) is 78.6 Å². The summed E-state index contributed by atoms with van der Waals surface area (Å²) in [5.41, 5.74) is 0.517. The summed E-state index contributed by atoms with van der Waals surface area (Å²) in [4.78, 5) is 62.7. The molecular weight excluding hydrogens is 791 g/mol. The Morgan fingerprint density at radius 2 is 1.82 bits per heavy atom. The molecule has 4 heterocycles. The van der Waals surface area contributed by atoms with Crippen LogP contribution in [0.5, 0.6) is 11.5 Å². The lowest BCUT2D eigenvalue weighted by Gasteiger charge is -2.30. The van der Waals surface area contributed by atoms with Crippen molar-refractivity contribution in [2.45, 2.75) is 113 Å². The van der Waals surface area contributed by atoms with Crippen molar-refractivity contribution in [1.82, 2.24) is 25.2 Å². The van der Waals surface area contributed by atoms with Crippen LogP contribution in [0.3, 0.4) is 0 Å². The van der Waals surface area contributed by atoms with E-state index in [1.807, 2.05) is 60.7 Å². The molecule has 4 amide bonds. The number of fused-ring (bicyclic) bond motifs is 5. The highest BCUT2D eigenvalue weighted by atomic mass is 32.2. The zero-order chi connectivity index (χ0) is 42.4. The van der Waals surface area contributed by atoms with Gasteiger partial charge in [-0.15, -0.1) is 0 Å². The van der Waals surface area contributed by atoms with Crippen molar-refractivity contribution in [3.63, 3.8) is 0 Å². The molecule has 318 valence electrons. The maximum atomic E-state index is 14.7. The fraction of sp³-hybridized carbons (Fsp3) is 0.477. The van der Waals surface area contributed by atoms with Gasteiger partial charge in [-0.05, 0) is 83.6 Å². The normalized spacial score (nSPS) is 25.6. The minimum Gasteiger partial charge on any atom is -0.497 e. The Hall–Kier alpha value is -5.64. The number of alkyl carbamates (subject to hydrolysis) is 1. The summed E-state index contributed by atoms with van der Waals surface area (Å²) in [5, 5.41) is 5.79. The van der Waals surface area contributed by atoms with Gasteiger partial charge in [0.25, 0.3) is 5.91 Å². The topological polar surface area (TPSA) is 195 Å². The molecule has 3 N–H and O–H groups in total. The molecule has 0 spiro atoms. The molecule has 2 aliphatic heterocycles. The number of aromatic nitrogens is 1. The molecule has 4 aliphatic rings. The van der Waals surface area contributed by atoms with Gasteiger partial charge in [0.1, 0.15) is 46.2 Å². The van der Waals surface area contributed by atoms with E-state index in [0.29, 0.717) is 66.0 Å². The Morgan fingerprint density at radius 1 is 1.02 bits per heavy atom. The van der Waals surface area contributed by atoms with Gasteiger partial charge in [-0.1, -0.05) is 49.3 Å². The van der Waals surface area contributed by atoms with E-state index < -0.39 is 74.3 Å². The maximum absolute atomic E-state index is 14.7. The number of amides is 4. The molecule has 3 fully saturated rings. The third-order valence-corrected chi connectivity index (χ3v) is 13.3. The molecule has 2 aromatic heterocycles. The van der Waals surface area contributed by atoms with Gasteiger partial charge in [0.05, 0.1) is 24.6 Å². The predicted octanol–water partition coefficient (Wildman–Crippen LogP) is 5.90. The molecule has 2 aromatic carbocycles. The van der Waals surface area contributed by atoms with Crippen molar-refractivity contribution in [2.75, 3.05) is 13.7 Å². The largest absolute Gasteiger partial charge is 0.497 e. The van der Waals surface area contributed by atoms with Crippen LogP contribution in [-0.4, -0.2) is 90.3 Å². The van der Waals surface area contributed by atoms with Crippen molar-refractivity contribution < 1.29 is 46.2 Å². The van der Waals surface area contributed by atoms with Crippen molar-refractivity contribution in [1.29, 1.82) is 0 Å². The highest BCUT2D eigenvalue weighted by molar-refractivity contribution is 7.91. The molecule has 0 bridgehead atoms. The van der Waals surface area contributed by atoms with Gasteiger partial charge in [-0.3, -0.25) is 19.1 Å². The van der Waals surface area contributed by atoms with Crippen LogP contribution in [0.15, 0.2) is 71.2 Å². The molecule has 15 nitrogen and oxygen atoms in total. The first-order valence-corrected chi connectivity index (χ1v) is 22.2. The zero-order valence-corrected chi connectivity index (χ0v) is 35.0. The number of carbonyl (C=O) groups excluding carboxylic acids is 4. The molecule has 2 aliphatic carbocycles. The lowest BCUT2D eigenvalue weighted by molar-refractivity contribution is -0.141. The molecule has 0 unspecified atom stereocenters. The summed E-state index contributed by atoms with van der Waals surface area (Å²) in [6, 6.07) is 14.5. The SMILES string of the molecule is COc1cccc(-c2cc(O[C@@H]3C[C@H]4C(=O)N[C@]5(C(=O)NS(=O)(=O)C6CC6)C[C@H]5/C=C\CCCCC[C@H](NC(=O)OC(C)(C)C)C(=O)N4C3)c3oc4ccccc4c3n2)c1. The van der Waals surface area contributed by atoms with Crippen molar-refractivity contribution in [3.8, 4) is 22.8 Å². The van der Waals surface area contributed by atoms with Crippen molar-refractivity contribution in [2.24, 2.45) is 5.92 Å². The predicted molar refractivity (Wildman–Crippen MR) is 222 cm³/mol. The van der Waals surface area contributed by atoms with E-state index in [2.05, 4.69) is 15.4 Å². The molecule has 5 atom stereocenters. The number of benzene rings is 2. The number of furan rings is 1. The standard InChI is InChI=1S/C44H51N5O10S/c1-43(2,3)59-42(53)46-32-17-9-7-5-6-8-14-27-24-44(27,41(52)48-60(54,55)30-19-20-30)47-39(50)34-22-29(25-49(34)40(32)51)57-36-23-33(26-13-12-15-28(21-26)56-4)45-37-31-16-10-11-18-35(31)58-38(36)37/h8,10-16,18,21,23,27,29-30,32,34H,5-7,9,17,19-20,22,24-25H2,1-4H3,(H,46,53)(H,47,50)(H,48,52)/b14-8-/t27-,29-,32+,34+,44-/m1/s1. The summed E-state index contributed by atoms with van der Waals surface area (Å²) in [6.45, 7) is 5.13. The number of carbonyl (C=O) groups is 4. The van der Waals surface area contributed by atoms with Crippen LogP contribution in [0.2, 0.25) is 0 Å². The number of hydrogen-bond acceptors (Lipinski definition) is 11. The van der Waals surface area contributed by atoms with Crippen molar-refractivity contribution in [3.05, 3.63) is 66.7 Å². The summed E-state index contributed by atoms with van der Waals surface area (Å²) in [6.07, 6.45) is 6.50. The smallest absolute Gasteiger partial charge is 0.408 e. The molecule has 0 radical (unpaired) electrons. The van der Waals surface area contributed by atoms with Gasteiger partial charge in [0, 0.05) is 29.4 Å². The Bertz CT molecular complexity index is 2470. The zero-order valence-electron chi connectivity index (χ0n) is 34.2. The van der Waals surface area contributed by atoms with E-state index in [1.54, 1.807) is 33.9 Å². The first kappa shape index (κ1) is 41.1. The molecule has 60 heavy (non-hydrogen) atoms. The minimum atomic E-state index is -3.92. The van der Waals surface area contributed by atoms with Gasteiger partial charge in [-0.25, -0.2) is 18.2 Å². The molecule has 8 rings (SSSR count). The molecule has 1 saturated heterocycles. The third kappa shape index (κ3) is 8.65. The highest BCUT2D eigenvalue weighted by Gasteiger charge is 2.62. The molecule has 4 aromatic rings. The number of allylic oxidation sites excluding steroid dienone is 1. The quantitative estimate of drug-likeness (QED) is 0.179. The Labute approximate surface area is 348 Å². The third-order valence-electron chi connectivity index (χ3n) is 11.5. The molecular formula is C44H51N5O10S. The van der Waals surface area contributed by atoms with Gasteiger partial charge < -0.3 is 34.2 Å². The average molecular weight is 842 g/mol. The Balaban J connectivity index is 1.15. The maximum Gasteiger partial charge on any atom is 0.408 e. The fourth-order valence-corrected chi connectivity index (χ4v) is 9.51. The number of sulfonamides is 1. The van der Waals surface area contributed by atoms with Gasteiger partial charge >= 0.3 is 6.09 Å². The van der Waals surface area contributed by atoms with Gasteiger partial charge in [0.15, 0.2) is 11.3 Å². The number of rotatable bonds is 8. The van der Waals surface area contributed by atoms with Gasteiger partial charge in [-0.2, -0.15) is 0 Å². The van der Waals surface area contributed by atoms with E-state index >= 15 is 0 Å². The summed E-state index contributed by atoms with van der Waals surface area (Å²) in [5.74, 6) is -1.43. The first-order chi connectivity index (χ1) is 28.6. The number of methoxy groups -OCH3 is 1. The second kappa shape index (κ2) is 16.1. The van der Waals surface area contributed by atoms with Crippen LogP contribution in [0, 0.1) is 5.92 Å². The van der Waals surface area contributed by atoms with Crippen LogP contribution in [-0.2, 0) is 29.1 Å². The Kier molecular flexibility index (Phi) is 11.0. The van der Waals surface area contributed by atoms with Gasteiger partial charge in [0.2, 0.25) is 21.8 Å². The number of nitrogens with one attached hydrogen (secondary N) is 3. The molecule has 2 saturated carbocycles. The number of hydrogen-bond donors (Lipinski definition) is 3. The fourth-order valence-electron chi connectivity index (χ4n) is 8.15. The Morgan fingerprint density at radius 3 is 2.58 bits per heavy atom. The number of para-hydroxylation sites is 1. The second-order valence-electron chi connectivity index (χ2n) is 17.2. The first-order valence-electron chi connectivity index (χ1n) is 20.6. The lowest BCUT2D eigenvalue weighted by Crippen LogP contribution is -2.58. The van der Waals surface area contributed by atoms with E-state index in [-0.39, 0.29) is 19.4 Å². The number of ether oxygens (including phenoxy) is 3. The highest BCUT2D eigenvalue weighted by Crippen LogP contribution is 2.46. The summed E-state index contributed by atoms with van der Waals surface area (Å²) < 4.78 is 52.2. The van der Waals surface area contributed by atoms with Crippen LogP contribution >= 0.6 is 0 Å². The summed E-state index contributed by atoms with van der Waals surface area (Å²) in [7, 11) is -2.34. The number of nitrogens with zero attached hydrogens (tertiary/aromatic N) is 2. The van der Waals surface area contributed by atoms with E-state index in [9.17, 15) is 27.6 Å². The van der Waals surface area contributed by atoms with E-state index in [0.717, 1.165) is 23.8 Å². The average Bonchev–Trinajstić information content (AvgIpc) is 4.10.